The number of nitrogen functional groups attached to an aromatic ring is 1. The molecular weight excluding hydrogens is 331 g/mol. The number of tetrazole rings is 1. The summed E-state index contributed by atoms with van der Waals surface area (Å²) in [6.45, 7) is -1.25. The van der Waals surface area contributed by atoms with Crippen LogP contribution in [0.4, 0.5) is 19.0 Å². The molecule has 0 aliphatic carbocycles. The van der Waals surface area contributed by atoms with Gasteiger partial charge in [-0.25, -0.2) is 14.6 Å². The predicted octanol–water partition coefficient (Wildman–Crippen LogP) is 2.05. The lowest BCUT2D eigenvalue weighted by Gasteiger charge is -2.07. The van der Waals surface area contributed by atoms with Crippen LogP contribution in [0.5, 0.6) is 0 Å². The average Bonchev–Trinajstić information content (AvgIpc) is 2.90. The van der Waals surface area contributed by atoms with E-state index in [9.17, 15) is 13.2 Å². The lowest BCUT2D eigenvalue weighted by molar-refractivity contribution is -0.144. The minimum Gasteiger partial charge on any atom is -0.383 e. The fraction of sp³-hybridized carbons (Fsp3) is 0.250. The van der Waals surface area contributed by atoms with Crippen LogP contribution >= 0.6 is 11.8 Å². The highest BCUT2D eigenvalue weighted by atomic mass is 32.2. The maximum absolute atomic E-state index is 12.4. The molecule has 2 aromatic heterocycles. The van der Waals surface area contributed by atoms with E-state index in [1.54, 1.807) is 12.1 Å². The van der Waals surface area contributed by atoms with Gasteiger partial charge in [-0.15, -0.1) is 5.10 Å². The quantitative estimate of drug-likeness (QED) is 0.726. The molecule has 3 aromatic rings. The highest BCUT2D eigenvalue weighted by molar-refractivity contribution is 7.98. The van der Waals surface area contributed by atoms with E-state index < -0.39 is 12.7 Å². The first-order valence-electron chi connectivity index (χ1n) is 6.39. The Hall–Kier alpha value is -2.43. The molecule has 7 nitrogen and oxygen atoms in total. The van der Waals surface area contributed by atoms with Gasteiger partial charge in [0, 0.05) is 5.39 Å². The molecule has 1 aromatic carbocycles. The zero-order valence-corrected chi connectivity index (χ0v) is 12.3. The molecule has 2 N–H and O–H groups in total. The summed E-state index contributed by atoms with van der Waals surface area (Å²) >= 11 is 1.01. The molecule has 0 unspecified atom stereocenters. The number of aromatic nitrogens is 6. The third-order valence-electron chi connectivity index (χ3n) is 2.84. The van der Waals surface area contributed by atoms with Gasteiger partial charge < -0.3 is 5.73 Å². The van der Waals surface area contributed by atoms with Gasteiger partial charge in [0.15, 0.2) is 0 Å². The van der Waals surface area contributed by atoms with Gasteiger partial charge in [0.1, 0.15) is 18.2 Å². The maximum atomic E-state index is 12.4. The number of halogens is 3. The fourth-order valence-corrected chi connectivity index (χ4v) is 2.65. The van der Waals surface area contributed by atoms with Gasteiger partial charge in [0.25, 0.3) is 0 Å². The van der Waals surface area contributed by atoms with E-state index in [0.29, 0.717) is 21.8 Å². The molecule has 3 rings (SSSR count). The first-order chi connectivity index (χ1) is 10.9. The molecule has 0 aliphatic heterocycles. The van der Waals surface area contributed by atoms with Crippen molar-refractivity contribution in [3.05, 3.63) is 30.1 Å². The average molecular weight is 341 g/mol. The van der Waals surface area contributed by atoms with Crippen LogP contribution in [0.15, 0.2) is 29.4 Å². The number of nitrogens with two attached hydrogens (primary N) is 1. The van der Waals surface area contributed by atoms with Crippen LogP contribution in [0.25, 0.3) is 10.9 Å². The minimum absolute atomic E-state index is 0.0395. The van der Waals surface area contributed by atoms with E-state index in [1.165, 1.54) is 0 Å². The normalized spacial score (nSPS) is 12.0. The summed E-state index contributed by atoms with van der Waals surface area (Å²) in [5.41, 5.74) is 6.54. The number of anilines is 1. The van der Waals surface area contributed by atoms with E-state index in [-0.39, 0.29) is 10.9 Å². The number of rotatable bonds is 4. The van der Waals surface area contributed by atoms with Crippen LogP contribution < -0.4 is 5.73 Å². The summed E-state index contributed by atoms with van der Waals surface area (Å²) in [7, 11) is 0. The third kappa shape index (κ3) is 3.67. The molecule has 0 aliphatic rings. The van der Waals surface area contributed by atoms with Gasteiger partial charge in [-0.1, -0.05) is 23.9 Å². The van der Waals surface area contributed by atoms with Gasteiger partial charge >= 0.3 is 6.18 Å². The summed E-state index contributed by atoms with van der Waals surface area (Å²) in [5, 5.41) is 10.9. The molecule has 2 heterocycles. The first kappa shape index (κ1) is 15.5. The highest BCUT2D eigenvalue weighted by Crippen LogP contribution is 2.24. The topological polar surface area (TPSA) is 95.4 Å². The number of hydrogen-bond donors (Lipinski definition) is 1. The number of fused-ring (bicyclic) bond motifs is 1. The van der Waals surface area contributed by atoms with Crippen LogP contribution in [0, 0.1) is 0 Å². The largest absolute Gasteiger partial charge is 0.408 e. The van der Waals surface area contributed by atoms with E-state index in [4.69, 9.17) is 5.73 Å². The smallest absolute Gasteiger partial charge is 0.383 e. The molecule has 120 valence electrons. The second-order valence-corrected chi connectivity index (χ2v) is 5.51. The van der Waals surface area contributed by atoms with Crippen molar-refractivity contribution in [1.29, 1.82) is 0 Å². The predicted molar refractivity (Wildman–Crippen MR) is 77.4 cm³/mol. The lowest BCUT2D eigenvalue weighted by atomic mass is 10.2. The van der Waals surface area contributed by atoms with Crippen molar-refractivity contribution in [2.75, 3.05) is 5.73 Å². The first-order valence-corrected chi connectivity index (χ1v) is 7.38. The molecule has 0 amide bonds. The second kappa shape index (κ2) is 5.99. The van der Waals surface area contributed by atoms with E-state index in [0.717, 1.165) is 17.1 Å². The Balaban J connectivity index is 1.78. The molecule has 0 saturated carbocycles. The summed E-state index contributed by atoms with van der Waals surface area (Å²) in [6, 6.07) is 7.22. The number of benzene rings is 1. The molecule has 0 radical (unpaired) electrons. The van der Waals surface area contributed by atoms with Gasteiger partial charge in [-0.3, -0.25) is 0 Å². The molecule has 0 bridgehead atoms. The van der Waals surface area contributed by atoms with Gasteiger partial charge in [0.2, 0.25) is 5.16 Å². The summed E-state index contributed by atoms with van der Waals surface area (Å²) in [4.78, 5) is 8.48. The Kier molecular flexibility index (Phi) is 4.03. The van der Waals surface area contributed by atoms with Crippen LogP contribution in [0.1, 0.15) is 5.82 Å². The van der Waals surface area contributed by atoms with E-state index in [1.807, 2.05) is 12.1 Å². The van der Waals surface area contributed by atoms with Crippen molar-refractivity contribution in [2.45, 2.75) is 23.6 Å². The Morgan fingerprint density at radius 1 is 1.17 bits per heavy atom. The molecule has 11 heteroatoms. The monoisotopic (exact) mass is 341 g/mol. The maximum Gasteiger partial charge on any atom is 0.408 e. The number of hydrogen-bond acceptors (Lipinski definition) is 7. The summed E-state index contributed by atoms with van der Waals surface area (Å²) in [5.74, 6) is 0.918. The third-order valence-corrected chi connectivity index (χ3v) is 3.79. The Morgan fingerprint density at radius 3 is 2.74 bits per heavy atom. The van der Waals surface area contributed by atoms with E-state index in [2.05, 4.69) is 25.5 Å². The standard InChI is InChI=1S/C12H10F3N7S/c13-12(14,15)6-22-11(19-20-21-22)23-5-9-17-8-4-2-1-3-7(8)10(16)18-9/h1-4H,5-6H2,(H2,16,17,18). The molecule has 23 heavy (non-hydrogen) atoms. The van der Waals surface area contributed by atoms with E-state index >= 15 is 0 Å². The minimum atomic E-state index is -4.39. The van der Waals surface area contributed by atoms with Gasteiger partial charge in [-0.05, 0) is 22.6 Å². The zero-order valence-electron chi connectivity index (χ0n) is 11.5. The van der Waals surface area contributed by atoms with Crippen LogP contribution in [0.2, 0.25) is 0 Å². The SMILES string of the molecule is Nc1nc(CSc2nnnn2CC(F)(F)F)nc2ccccc12. The molecule has 0 fully saturated rings. The van der Waals surface area contributed by atoms with Crippen molar-refractivity contribution in [2.24, 2.45) is 0 Å². The van der Waals surface area contributed by atoms with Crippen molar-refractivity contribution in [3.8, 4) is 0 Å². The molecule has 0 saturated heterocycles. The Morgan fingerprint density at radius 2 is 1.96 bits per heavy atom. The zero-order chi connectivity index (χ0) is 16.4. The van der Waals surface area contributed by atoms with Crippen molar-refractivity contribution in [3.63, 3.8) is 0 Å². The summed E-state index contributed by atoms with van der Waals surface area (Å²) in [6.07, 6.45) is -4.39. The van der Waals surface area contributed by atoms with Crippen molar-refractivity contribution in [1.82, 2.24) is 30.2 Å². The van der Waals surface area contributed by atoms with Crippen LogP contribution in [-0.2, 0) is 12.3 Å². The molecule has 0 atom stereocenters. The fourth-order valence-electron chi connectivity index (χ4n) is 1.91. The number of nitrogens with zero attached hydrogens (tertiary/aromatic N) is 6. The van der Waals surface area contributed by atoms with Gasteiger partial charge in [0.05, 0.1) is 11.3 Å². The number of thioether (sulfide) groups is 1. The Bertz CT molecular complexity index is 833. The second-order valence-electron chi connectivity index (χ2n) is 4.57. The number of alkyl halides is 3. The van der Waals surface area contributed by atoms with Crippen molar-refractivity contribution < 1.29 is 13.2 Å². The molecule has 0 spiro atoms. The Labute approximate surface area is 132 Å². The lowest BCUT2D eigenvalue weighted by Crippen LogP contribution is -2.19. The molecular formula is C12H10F3N7S. The number of para-hydroxylation sites is 1. The van der Waals surface area contributed by atoms with Gasteiger partial charge in [-0.2, -0.15) is 13.2 Å². The van der Waals surface area contributed by atoms with Crippen LogP contribution in [-0.4, -0.2) is 36.4 Å². The van der Waals surface area contributed by atoms with Crippen LogP contribution in [0.3, 0.4) is 0 Å². The van der Waals surface area contributed by atoms with Crippen molar-refractivity contribution >= 4 is 28.5 Å². The highest BCUT2D eigenvalue weighted by Gasteiger charge is 2.30. The summed E-state index contributed by atoms with van der Waals surface area (Å²) < 4.78 is 38.0.